The van der Waals surface area contributed by atoms with Gasteiger partial charge in [0.05, 0.1) is 11.6 Å². The average molecular weight is 276 g/mol. The molecule has 0 aliphatic heterocycles. The number of aryl methyl sites for hydroxylation is 1. The summed E-state index contributed by atoms with van der Waals surface area (Å²) in [5, 5.41) is 3.50. The Bertz CT molecular complexity index is 431. The van der Waals surface area contributed by atoms with Crippen LogP contribution in [0.2, 0.25) is 0 Å². The van der Waals surface area contributed by atoms with Crippen molar-refractivity contribution in [2.45, 2.75) is 58.1 Å². The van der Waals surface area contributed by atoms with E-state index in [4.69, 9.17) is 4.74 Å². The topological polar surface area (TPSA) is 34.1 Å². The standard InChI is InChI=1S/C17H28N2O/c1-5-20-17(8-6-7-13(2)10-17)16(18-4)15-9-14(3)11-19-12-15/h9,11-13,16,18H,5-8,10H2,1-4H3. The zero-order valence-corrected chi connectivity index (χ0v) is 13.3. The third kappa shape index (κ3) is 3.21. The molecule has 0 amide bonds. The number of hydrogen-bond acceptors (Lipinski definition) is 3. The van der Waals surface area contributed by atoms with Gasteiger partial charge in [-0.3, -0.25) is 4.98 Å². The molecule has 0 spiro atoms. The van der Waals surface area contributed by atoms with Crippen LogP contribution in [0.3, 0.4) is 0 Å². The van der Waals surface area contributed by atoms with Crippen LogP contribution < -0.4 is 5.32 Å². The van der Waals surface area contributed by atoms with Crippen molar-refractivity contribution in [2.75, 3.05) is 13.7 Å². The molecule has 1 saturated carbocycles. The van der Waals surface area contributed by atoms with Crippen LogP contribution in [0.4, 0.5) is 0 Å². The van der Waals surface area contributed by atoms with Crippen molar-refractivity contribution in [1.29, 1.82) is 0 Å². The summed E-state index contributed by atoms with van der Waals surface area (Å²) in [4.78, 5) is 4.36. The maximum Gasteiger partial charge on any atom is 0.0879 e. The highest BCUT2D eigenvalue weighted by Gasteiger charge is 2.42. The van der Waals surface area contributed by atoms with E-state index in [0.29, 0.717) is 0 Å². The molecule has 1 aromatic heterocycles. The fraction of sp³-hybridized carbons (Fsp3) is 0.706. The lowest BCUT2D eigenvalue weighted by atomic mass is 9.73. The molecular weight excluding hydrogens is 248 g/mol. The van der Waals surface area contributed by atoms with Gasteiger partial charge in [0.25, 0.3) is 0 Å². The fourth-order valence-corrected chi connectivity index (χ4v) is 3.78. The van der Waals surface area contributed by atoms with Gasteiger partial charge in [-0.25, -0.2) is 0 Å². The van der Waals surface area contributed by atoms with E-state index in [0.717, 1.165) is 25.4 Å². The molecule has 1 heterocycles. The SMILES string of the molecule is CCOC1(C(NC)c2cncc(C)c2)CCCC(C)C1. The van der Waals surface area contributed by atoms with Gasteiger partial charge in [0.1, 0.15) is 0 Å². The number of rotatable bonds is 5. The smallest absolute Gasteiger partial charge is 0.0879 e. The summed E-state index contributed by atoms with van der Waals surface area (Å²) >= 11 is 0. The van der Waals surface area contributed by atoms with Crippen LogP contribution in [0.1, 0.15) is 56.7 Å². The van der Waals surface area contributed by atoms with Crippen LogP contribution in [-0.4, -0.2) is 24.2 Å². The van der Waals surface area contributed by atoms with Gasteiger partial charge in [0, 0.05) is 19.0 Å². The molecule has 0 bridgehead atoms. The van der Waals surface area contributed by atoms with Gasteiger partial charge < -0.3 is 10.1 Å². The van der Waals surface area contributed by atoms with Crippen LogP contribution in [0.15, 0.2) is 18.5 Å². The maximum atomic E-state index is 6.30. The summed E-state index contributed by atoms with van der Waals surface area (Å²) in [6, 6.07) is 2.45. The first-order valence-electron chi connectivity index (χ1n) is 7.84. The van der Waals surface area contributed by atoms with Gasteiger partial charge in [0.2, 0.25) is 0 Å². The van der Waals surface area contributed by atoms with Gasteiger partial charge in [-0.2, -0.15) is 0 Å². The molecule has 1 fully saturated rings. The Morgan fingerprint density at radius 1 is 1.50 bits per heavy atom. The second kappa shape index (κ2) is 6.68. The normalized spacial score (nSPS) is 28.3. The Morgan fingerprint density at radius 2 is 2.30 bits per heavy atom. The summed E-state index contributed by atoms with van der Waals surface area (Å²) in [6.45, 7) is 7.31. The maximum absolute atomic E-state index is 6.30. The van der Waals surface area contributed by atoms with E-state index in [2.05, 4.69) is 37.1 Å². The van der Waals surface area contributed by atoms with Crippen LogP contribution in [-0.2, 0) is 4.74 Å². The quantitative estimate of drug-likeness (QED) is 0.891. The molecule has 3 unspecified atom stereocenters. The highest BCUT2D eigenvalue weighted by molar-refractivity contribution is 5.23. The molecule has 1 aliphatic rings. The van der Waals surface area contributed by atoms with E-state index in [-0.39, 0.29) is 11.6 Å². The van der Waals surface area contributed by atoms with Crippen LogP contribution in [0.25, 0.3) is 0 Å². The minimum Gasteiger partial charge on any atom is -0.373 e. The predicted octanol–water partition coefficient (Wildman–Crippen LogP) is 3.64. The van der Waals surface area contributed by atoms with Gasteiger partial charge in [-0.1, -0.05) is 25.8 Å². The first kappa shape index (κ1) is 15.5. The van der Waals surface area contributed by atoms with Gasteiger partial charge in [-0.05, 0) is 50.8 Å². The van der Waals surface area contributed by atoms with Gasteiger partial charge in [-0.15, -0.1) is 0 Å². The van der Waals surface area contributed by atoms with Crippen molar-refractivity contribution < 1.29 is 4.74 Å². The number of ether oxygens (including phenoxy) is 1. The van der Waals surface area contributed by atoms with Crippen molar-refractivity contribution in [1.82, 2.24) is 10.3 Å². The fourth-order valence-electron chi connectivity index (χ4n) is 3.78. The van der Waals surface area contributed by atoms with E-state index >= 15 is 0 Å². The minimum atomic E-state index is -0.0867. The summed E-state index contributed by atoms with van der Waals surface area (Å²) in [7, 11) is 2.03. The monoisotopic (exact) mass is 276 g/mol. The Morgan fingerprint density at radius 3 is 2.90 bits per heavy atom. The highest BCUT2D eigenvalue weighted by Crippen LogP contribution is 2.43. The Labute approximate surface area is 123 Å². The molecule has 3 atom stereocenters. The molecule has 112 valence electrons. The number of nitrogens with zero attached hydrogens (tertiary/aromatic N) is 1. The summed E-state index contributed by atoms with van der Waals surface area (Å²) in [5.74, 6) is 0.726. The predicted molar refractivity (Wildman–Crippen MR) is 82.8 cm³/mol. The lowest BCUT2D eigenvalue weighted by Crippen LogP contribution is -2.48. The highest BCUT2D eigenvalue weighted by atomic mass is 16.5. The number of pyridine rings is 1. The largest absolute Gasteiger partial charge is 0.373 e. The summed E-state index contributed by atoms with van der Waals surface area (Å²) in [6.07, 6.45) is 8.71. The summed E-state index contributed by atoms with van der Waals surface area (Å²) in [5.41, 5.74) is 2.37. The van der Waals surface area contributed by atoms with Gasteiger partial charge in [0.15, 0.2) is 0 Å². The minimum absolute atomic E-state index is 0.0867. The Kier molecular flexibility index (Phi) is 5.17. The Hall–Kier alpha value is -0.930. The third-order valence-electron chi connectivity index (χ3n) is 4.47. The molecule has 0 radical (unpaired) electrons. The van der Waals surface area contributed by atoms with Crippen molar-refractivity contribution in [3.63, 3.8) is 0 Å². The van der Waals surface area contributed by atoms with Crippen molar-refractivity contribution in [3.8, 4) is 0 Å². The molecule has 0 aromatic carbocycles. The lowest BCUT2D eigenvalue weighted by Gasteiger charge is -2.45. The number of aromatic nitrogens is 1. The first-order chi connectivity index (χ1) is 9.61. The molecule has 1 aliphatic carbocycles. The molecule has 0 saturated heterocycles. The second-order valence-corrected chi connectivity index (χ2v) is 6.22. The molecule has 2 rings (SSSR count). The lowest BCUT2D eigenvalue weighted by molar-refractivity contribution is -0.100. The second-order valence-electron chi connectivity index (χ2n) is 6.22. The number of nitrogens with one attached hydrogen (secondary N) is 1. The van der Waals surface area contributed by atoms with E-state index in [1.54, 1.807) is 0 Å². The zero-order chi connectivity index (χ0) is 14.6. The van der Waals surface area contributed by atoms with Crippen molar-refractivity contribution in [2.24, 2.45) is 5.92 Å². The molecular formula is C17H28N2O. The van der Waals surface area contributed by atoms with Gasteiger partial charge >= 0.3 is 0 Å². The van der Waals surface area contributed by atoms with E-state index in [9.17, 15) is 0 Å². The van der Waals surface area contributed by atoms with E-state index < -0.39 is 0 Å². The zero-order valence-electron chi connectivity index (χ0n) is 13.3. The summed E-state index contributed by atoms with van der Waals surface area (Å²) < 4.78 is 6.30. The van der Waals surface area contributed by atoms with Crippen molar-refractivity contribution in [3.05, 3.63) is 29.6 Å². The molecule has 1 N–H and O–H groups in total. The van der Waals surface area contributed by atoms with Crippen LogP contribution in [0, 0.1) is 12.8 Å². The molecule has 1 aromatic rings. The third-order valence-corrected chi connectivity index (χ3v) is 4.47. The number of likely N-dealkylation sites (N-methyl/N-ethyl adjacent to an activating group) is 1. The molecule has 20 heavy (non-hydrogen) atoms. The van der Waals surface area contributed by atoms with Crippen LogP contribution in [0.5, 0.6) is 0 Å². The van der Waals surface area contributed by atoms with E-state index in [1.165, 1.54) is 24.0 Å². The Balaban J connectivity index is 2.34. The first-order valence-corrected chi connectivity index (χ1v) is 7.84. The average Bonchev–Trinajstić information content (AvgIpc) is 2.39. The molecule has 3 nitrogen and oxygen atoms in total. The van der Waals surface area contributed by atoms with E-state index in [1.807, 2.05) is 19.4 Å². The number of hydrogen-bond donors (Lipinski definition) is 1. The van der Waals surface area contributed by atoms with Crippen molar-refractivity contribution >= 4 is 0 Å². The molecule has 3 heteroatoms. The van der Waals surface area contributed by atoms with Crippen LogP contribution >= 0.6 is 0 Å².